The zero-order valence-electron chi connectivity index (χ0n) is 7.47. The Morgan fingerprint density at radius 3 is 2.46 bits per heavy atom. The molecular formula is C10H9NO2. The second kappa shape index (κ2) is 2.42. The molecule has 1 aromatic carbocycles. The molecule has 0 radical (unpaired) electrons. The molecule has 3 nitrogen and oxygen atoms in total. The fourth-order valence-electron chi connectivity index (χ4n) is 1.53. The molecule has 2 rings (SSSR count). The van der Waals surface area contributed by atoms with E-state index in [2.05, 4.69) is 5.32 Å². The summed E-state index contributed by atoms with van der Waals surface area (Å²) in [5, 5.41) is 2.27. The largest absolute Gasteiger partial charge is 0.288 e. The number of imide groups is 1. The van der Waals surface area contributed by atoms with Gasteiger partial charge in [0.05, 0.1) is 11.1 Å². The number of fused-ring (bicyclic) bond motifs is 1. The van der Waals surface area contributed by atoms with Gasteiger partial charge < -0.3 is 0 Å². The van der Waals surface area contributed by atoms with Crippen molar-refractivity contribution in [2.45, 2.75) is 13.8 Å². The molecule has 0 saturated carbocycles. The summed E-state index contributed by atoms with van der Waals surface area (Å²) in [6, 6.07) is 3.55. The Bertz CT molecular complexity index is 421. The third-order valence-corrected chi connectivity index (χ3v) is 2.43. The Hall–Kier alpha value is -1.64. The summed E-state index contributed by atoms with van der Waals surface area (Å²) in [5.41, 5.74) is 2.95. The van der Waals surface area contributed by atoms with Crippen LogP contribution in [0.25, 0.3) is 0 Å². The van der Waals surface area contributed by atoms with Gasteiger partial charge in [0.1, 0.15) is 0 Å². The maximum atomic E-state index is 11.3. The van der Waals surface area contributed by atoms with E-state index in [1.807, 2.05) is 19.9 Å². The van der Waals surface area contributed by atoms with E-state index >= 15 is 0 Å². The van der Waals surface area contributed by atoms with Gasteiger partial charge in [-0.15, -0.1) is 0 Å². The van der Waals surface area contributed by atoms with Crippen LogP contribution in [0.1, 0.15) is 31.8 Å². The molecule has 1 aliphatic heterocycles. The molecule has 1 N–H and O–H groups in total. The van der Waals surface area contributed by atoms with E-state index in [0.29, 0.717) is 11.1 Å². The van der Waals surface area contributed by atoms with Crippen LogP contribution in [0, 0.1) is 13.8 Å². The average Bonchev–Trinajstić information content (AvgIpc) is 2.35. The molecule has 0 unspecified atom stereocenters. The predicted octanol–water partition coefficient (Wildman–Crippen LogP) is 1.19. The maximum Gasteiger partial charge on any atom is 0.259 e. The van der Waals surface area contributed by atoms with E-state index in [0.717, 1.165) is 11.1 Å². The third-order valence-electron chi connectivity index (χ3n) is 2.43. The zero-order valence-corrected chi connectivity index (χ0v) is 7.47. The molecule has 0 aliphatic carbocycles. The van der Waals surface area contributed by atoms with Crippen LogP contribution >= 0.6 is 0 Å². The van der Waals surface area contributed by atoms with Crippen LogP contribution in [-0.2, 0) is 0 Å². The molecule has 0 spiro atoms. The number of rotatable bonds is 0. The maximum absolute atomic E-state index is 11.3. The number of aryl methyl sites for hydroxylation is 1. The molecule has 1 heterocycles. The summed E-state index contributed by atoms with van der Waals surface area (Å²) >= 11 is 0. The third kappa shape index (κ3) is 0.967. The van der Waals surface area contributed by atoms with Gasteiger partial charge in [0.25, 0.3) is 11.8 Å². The van der Waals surface area contributed by atoms with Crippen LogP contribution in [0.4, 0.5) is 0 Å². The van der Waals surface area contributed by atoms with Crippen molar-refractivity contribution in [1.82, 2.24) is 5.32 Å². The lowest BCUT2D eigenvalue weighted by Crippen LogP contribution is -2.20. The van der Waals surface area contributed by atoms with Crippen molar-refractivity contribution in [1.29, 1.82) is 0 Å². The highest BCUT2D eigenvalue weighted by molar-refractivity contribution is 6.22. The minimum absolute atomic E-state index is 0.277. The SMILES string of the molecule is Cc1ccc2c(c1C)C(=O)NC2=O. The Morgan fingerprint density at radius 1 is 1.08 bits per heavy atom. The standard InChI is InChI=1S/C10H9NO2/c1-5-3-4-7-8(6(5)2)10(13)11-9(7)12/h3-4H,1-2H3,(H,11,12,13). The van der Waals surface area contributed by atoms with Gasteiger partial charge in [-0.2, -0.15) is 0 Å². The van der Waals surface area contributed by atoms with Crippen LogP contribution in [0.15, 0.2) is 12.1 Å². The number of benzene rings is 1. The van der Waals surface area contributed by atoms with E-state index in [9.17, 15) is 9.59 Å². The van der Waals surface area contributed by atoms with Gasteiger partial charge in [-0.3, -0.25) is 14.9 Å². The van der Waals surface area contributed by atoms with Crippen LogP contribution in [0.2, 0.25) is 0 Å². The fraction of sp³-hybridized carbons (Fsp3) is 0.200. The minimum Gasteiger partial charge on any atom is -0.288 e. The second-order valence-corrected chi connectivity index (χ2v) is 3.21. The molecule has 2 amide bonds. The molecule has 3 heteroatoms. The summed E-state index contributed by atoms with van der Waals surface area (Å²) in [6.07, 6.45) is 0. The first-order valence-corrected chi connectivity index (χ1v) is 4.07. The number of carbonyl (C=O) groups excluding carboxylic acids is 2. The Balaban J connectivity index is 2.78. The molecule has 1 aromatic rings. The molecule has 0 fully saturated rings. The number of amides is 2. The number of hydrogen-bond acceptors (Lipinski definition) is 2. The highest BCUT2D eigenvalue weighted by atomic mass is 16.2. The van der Waals surface area contributed by atoms with Gasteiger partial charge >= 0.3 is 0 Å². The van der Waals surface area contributed by atoms with E-state index < -0.39 is 0 Å². The van der Waals surface area contributed by atoms with E-state index in [-0.39, 0.29) is 11.8 Å². The van der Waals surface area contributed by atoms with Gasteiger partial charge in [-0.05, 0) is 31.0 Å². The molecule has 0 bridgehead atoms. The molecule has 0 aromatic heterocycles. The van der Waals surface area contributed by atoms with Gasteiger partial charge in [-0.1, -0.05) is 6.07 Å². The van der Waals surface area contributed by atoms with Gasteiger partial charge in [0.15, 0.2) is 0 Å². The van der Waals surface area contributed by atoms with Crippen molar-refractivity contribution in [2.75, 3.05) is 0 Å². The smallest absolute Gasteiger partial charge is 0.259 e. The van der Waals surface area contributed by atoms with Crippen LogP contribution in [0.5, 0.6) is 0 Å². The van der Waals surface area contributed by atoms with Crippen molar-refractivity contribution in [3.05, 3.63) is 34.4 Å². The molecule has 0 saturated heterocycles. The van der Waals surface area contributed by atoms with Crippen molar-refractivity contribution in [3.8, 4) is 0 Å². The summed E-state index contributed by atoms with van der Waals surface area (Å²) in [5.74, 6) is -0.565. The van der Waals surface area contributed by atoms with Crippen LogP contribution in [0.3, 0.4) is 0 Å². The summed E-state index contributed by atoms with van der Waals surface area (Å²) < 4.78 is 0. The van der Waals surface area contributed by atoms with E-state index in [1.165, 1.54) is 0 Å². The lowest BCUT2D eigenvalue weighted by atomic mass is 9.99. The zero-order chi connectivity index (χ0) is 9.59. The first-order chi connectivity index (χ1) is 6.11. The van der Waals surface area contributed by atoms with Crippen molar-refractivity contribution < 1.29 is 9.59 Å². The number of hydrogen-bond donors (Lipinski definition) is 1. The fourth-order valence-corrected chi connectivity index (χ4v) is 1.53. The van der Waals surface area contributed by atoms with Crippen molar-refractivity contribution in [2.24, 2.45) is 0 Å². The monoisotopic (exact) mass is 175 g/mol. The number of nitrogens with one attached hydrogen (secondary N) is 1. The van der Waals surface area contributed by atoms with Crippen LogP contribution in [-0.4, -0.2) is 11.8 Å². The van der Waals surface area contributed by atoms with E-state index in [1.54, 1.807) is 6.07 Å². The predicted molar refractivity (Wildman–Crippen MR) is 47.7 cm³/mol. The quantitative estimate of drug-likeness (QED) is 0.602. The van der Waals surface area contributed by atoms with Crippen LogP contribution < -0.4 is 5.32 Å². The summed E-state index contributed by atoms with van der Waals surface area (Å²) in [4.78, 5) is 22.5. The normalized spacial score (nSPS) is 14.3. The molecule has 66 valence electrons. The Labute approximate surface area is 75.8 Å². The lowest BCUT2D eigenvalue weighted by molar-refractivity contribution is 0.0879. The van der Waals surface area contributed by atoms with Gasteiger partial charge in [0.2, 0.25) is 0 Å². The molecule has 1 aliphatic rings. The lowest BCUT2D eigenvalue weighted by Gasteiger charge is -2.02. The Kier molecular flexibility index (Phi) is 1.49. The number of carbonyl (C=O) groups is 2. The summed E-state index contributed by atoms with van der Waals surface area (Å²) in [7, 11) is 0. The van der Waals surface area contributed by atoms with E-state index in [4.69, 9.17) is 0 Å². The average molecular weight is 175 g/mol. The minimum atomic E-state index is -0.289. The van der Waals surface area contributed by atoms with Crippen molar-refractivity contribution >= 4 is 11.8 Å². The van der Waals surface area contributed by atoms with Crippen molar-refractivity contribution in [3.63, 3.8) is 0 Å². The second-order valence-electron chi connectivity index (χ2n) is 3.21. The van der Waals surface area contributed by atoms with Gasteiger partial charge in [0, 0.05) is 0 Å². The topological polar surface area (TPSA) is 46.2 Å². The first kappa shape index (κ1) is 7.98. The first-order valence-electron chi connectivity index (χ1n) is 4.07. The highest BCUT2D eigenvalue weighted by Crippen LogP contribution is 2.21. The molecule has 0 atom stereocenters. The molecular weight excluding hydrogens is 166 g/mol. The summed E-state index contributed by atoms with van der Waals surface area (Å²) in [6.45, 7) is 3.78. The molecule has 13 heavy (non-hydrogen) atoms. The van der Waals surface area contributed by atoms with Gasteiger partial charge in [-0.25, -0.2) is 0 Å². The Morgan fingerprint density at radius 2 is 1.77 bits per heavy atom. The highest BCUT2D eigenvalue weighted by Gasteiger charge is 2.28.